The molecule has 2 atom stereocenters. The van der Waals surface area contributed by atoms with Crippen LogP contribution in [0.2, 0.25) is 0 Å². The Bertz CT molecular complexity index is 470. The quantitative estimate of drug-likeness (QED) is 0.673. The van der Waals surface area contributed by atoms with E-state index in [1.165, 1.54) is 0 Å². The van der Waals surface area contributed by atoms with Gasteiger partial charge in [-0.25, -0.2) is 13.6 Å². The van der Waals surface area contributed by atoms with E-state index in [0.717, 1.165) is 0 Å². The number of Topliss-reactive ketones (excluding diaryl/α,β-unsaturated/α-hetero) is 1. The summed E-state index contributed by atoms with van der Waals surface area (Å²) in [5.74, 6) is -0.493. The highest BCUT2D eigenvalue weighted by atomic mass is 79.9. The number of ketones is 1. The summed E-state index contributed by atoms with van der Waals surface area (Å²) in [6.45, 7) is 1.58. The summed E-state index contributed by atoms with van der Waals surface area (Å²) in [7, 11) is -3.91. The standard InChI is InChI=1S/C10H12BrNO3S/c1-7(11)10(16(12,14)15)9(13)8-5-3-2-4-6-8/h2-7,10H,1H3,(H2,12,14,15). The number of sulfonamides is 1. The fourth-order valence-electron chi connectivity index (χ4n) is 1.39. The van der Waals surface area contributed by atoms with Crippen molar-refractivity contribution in [2.24, 2.45) is 5.14 Å². The number of hydrogen-bond donors (Lipinski definition) is 1. The van der Waals surface area contributed by atoms with Crippen LogP contribution in [0.1, 0.15) is 17.3 Å². The first-order valence-electron chi connectivity index (χ1n) is 4.59. The largest absolute Gasteiger partial charge is 0.293 e. The topological polar surface area (TPSA) is 77.2 Å². The Balaban J connectivity index is 3.13. The van der Waals surface area contributed by atoms with E-state index in [1.807, 2.05) is 0 Å². The van der Waals surface area contributed by atoms with E-state index in [2.05, 4.69) is 15.9 Å². The number of benzene rings is 1. The molecule has 0 saturated carbocycles. The molecule has 0 spiro atoms. The Kier molecular flexibility index (Phi) is 4.23. The van der Waals surface area contributed by atoms with E-state index in [4.69, 9.17) is 5.14 Å². The summed E-state index contributed by atoms with van der Waals surface area (Å²) in [4.78, 5) is 11.4. The number of halogens is 1. The molecule has 1 aromatic rings. The average Bonchev–Trinajstić information content (AvgIpc) is 2.16. The molecule has 0 fully saturated rings. The lowest BCUT2D eigenvalue weighted by Gasteiger charge is -2.15. The van der Waals surface area contributed by atoms with Crippen molar-refractivity contribution in [1.82, 2.24) is 0 Å². The maximum absolute atomic E-state index is 11.9. The maximum Gasteiger partial charge on any atom is 0.220 e. The van der Waals surface area contributed by atoms with E-state index in [1.54, 1.807) is 37.3 Å². The molecular weight excluding hydrogens is 294 g/mol. The van der Waals surface area contributed by atoms with Gasteiger partial charge in [0.1, 0.15) is 0 Å². The van der Waals surface area contributed by atoms with Crippen LogP contribution in [-0.4, -0.2) is 24.3 Å². The molecule has 88 valence electrons. The van der Waals surface area contributed by atoms with Crippen LogP contribution in [-0.2, 0) is 10.0 Å². The van der Waals surface area contributed by atoms with Gasteiger partial charge in [-0.1, -0.05) is 53.2 Å². The molecule has 0 aliphatic rings. The second-order valence-electron chi connectivity index (χ2n) is 3.42. The van der Waals surface area contributed by atoms with Gasteiger partial charge >= 0.3 is 0 Å². The molecular formula is C10H12BrNO3S. The first kappa shape index (κ1) is 13.3. The van der Waals surface area contributed by atoms with Crippen molar-refractivity contribution in [2.45, 2.75) is 17.0 Å². The molecule has 0 aliphatic heterocycles. The minimum Gasteiger partial charge on any atom is -0.293 e. The minimum absolute atomic E-state index is 0.341. The molecule has 1 rings (SSSR count). The zero-order valence-electron chi connectivity index (χ0n) is 8.63. The second kappa shape index (κ2) is 5.07. The SMILES string of the molecule is CC(Br)C(C(=O)c1ccccc1)S(N)(=O)=O. The zero-order chi connectivity index (χ0) is 12.3. The van der Waals surface area contributed by atoms with E-state index in [9.17, 15) is 13.2 Å². The zero-order valence-corrected chi connectivity index (χ0v) is 11.0. The summed E-state index contributed by atoms with van der Waals surface area (Å²) < 4.78 is 22.6. The number of primary sulfonamides is 1. The summed E-state index contributed by atoms with van der Waals surface area (Å²) in [6, 6.07) is 8.23. The molecule has 6 heteroatoms. The van der Waals surface area contributed by atoms with Gasteiger partial charge in [0.25, 0.3) is 0 Å². The van der Waals surface area contributed by atoms with Gasteiger partial charge in [0.15, 0.2) is 11.0 Å². The van der Waals surface area contributed by atoms with Crippen LogP contribution in [0, 0.1) is 0 Å². The molecule has 0 heterocycles. The van der Waals surface area contributed by atoms with Crippen LogP contribution < -0.4 is 5.14 Å². The lowest BCUT2D eigenvalue weighted by atomic mass is 10.1. The average molecular weight is 306 g/mol. The first-order chi connectivity index (χ1) is 7.34. The molecule has 16 heavy (non-hydrogen) atoms. The van der Waals surface area contributed by atoms with Crippen LogP contribution in [0.15, 0.2) is 30.3 Å². The molecule has 0 bridgehead atoms. The number of rotatable bonds is 4. The van der Waals surface area contributed by atoms with Crippen LogP contribution in [0.25, 0.3) is 0 Å². The second-order valence-corrected chi connectivity index (χ2v) is 6.55. The molecule has 2 unspecified atom stereocenters. The molecule has 0 aliphatic carbocycles. The van der Waals surface area contributed by atoms with Crippen LogP contribution in [0.5, 0.6) is 0 Å². The third-order valence-corrected chi connectivity index (χ3v) is 4.30. The van der Waals surface area contributed by atoms with Gasteiger partial charge in [-0.15, -0.1) is 0 Å². The Morgan fingerprint density at radius 3 is 2.19 bits per heavy atom. The maximum atomic E-state index is 11.9. The van der Waals surface area contributed by atoms with Crippen LogP contribution in [0.3, 0.4) is 0 Å². The highest BCUT2D eigenvalue weighted by Gasteiger charge is 2.34. The van der Waals surface area contributed by atoms with E-state index < -0.39 is 25.9 Å². The van der Waals surface area contributed by atoms with Gasteiger partial charge in [0.05, 0.1) is 0 Å². The van der Waals surface area contributed by atoms with Crippen LogP contribution in [0.4, 0.5) is 0 Å². The number of alkyl halides is 1. The Hall–Kier alpha value is -0.720. The molecule has 1 aromatic carbocycles. The third-order valence-electron chi connectivity index (χ3n) is 2.09. The Morgan fingerprint density at radius 2 is 1.81 bits per heavy atom. The molecule has 0 saturated heterocycles. The van der Waals surface area contributed by atoms with Gasteiger partial charge in [0, 0.05) is 10.4 Å². The Morgan fingerprint density at radius 1 is 1.31 bits per heavy atom. The monoisotopic (exact) mass is 305 g/mol. The number of hydrogen-bond acceptors (Lipinski definition) is 3. The smallest absolute Gasteiger partial charge is 0.220 e. The highest BCUT2D eigenvalue weighted by Crippen LogP contribution is 2.17. The predicted octanol–water partition coefficient (Wildman–Crippen LogP) is 1.31. The predicted molar refractivity (Wildman–Crippen MR) is 66.1 cm³/mol. The van der Waals surface area contributed by atoms with Crippen molar-refractivity contribution in [3.63, 3.8) is 0 Å². The van der Waals surface area contributed by atoms with Crippen molar-refractivity contribution in [2.75, 3.05) is 0 Å². The molecule has 0 amide bonds. The molecule has 0 radical (unpaired) electrons. The normalized spacial score (nSPS) is 15.4. The van der Waals surface area contributed by atoms with E-state index in [0.29, 0.717) is 5.56 Å². The van der Waals surface area contributed by atoms with Gasteiger partial charge < -0.3 is 0 Å². The number of carbonyl (C=O) groups excluding carboxylic acids is 1. The van der Waals surface area contributed by atoms with Crippen LogP contribution >= 0.6 is 15.9 Å². The number of carbonyl (C=O) groups is 1. The molecule has 2 N–H and O–H groups in total. The summed E-state index contributed by atoms with van der Waals surface area (Å²) in [5.41, 5.74) is 0.341. The summed E-state index contributed by atoms with van der Waals surface area (Å²) in [6.07, 6.45) is 0. The van der Waals surface area contributed by atoms with Crippen molar-refractivity contribution < 1.29 is 13.2 Å². The van der Waals surface area contributed by atoms with E-state index in [-0.39, 0.29) is 0 Å². The molecule has 0 aromatic heterocycles. The van der Waals surface area contributed by atoms with Gasteiger partial charge in [-0.2, -0.15) is 0 Å². The lowest BCUT2D eigenvalue weighted by molar-refractivity contribution is 0.0987. The third kappa shape index (κ3) is 3.13. The van der Waals surface area contributed by atoms with Crippen molar-refractivity contribution >= 4 is 31.7 Å². The van der Waals surface area contributed by atoms with Crippen molar-refractivity contribution in [3.05, 3.63) is 35.9 Å². The number of nitrogens with two attached hydrogens (primary N) is 1. The summed E-state index contributed by atoms with van der Waals surface area (Å²) in [5, 5.41) is 3.79. The fraction of sp³-hybridized carbons (Fsp3) is 0.300. The molecule has 4 nitrogen and oxygen atoms in total. The minimum atomic E-state index is -3.91. The lowest BCUT2D eigenvalue weighted by Crippen LogP contribution is -2.41. The van der Waals surface area contributed by atoms with Gasteiger partial charge in [-0.05, 0) is 0 Å². The van der Waals surface area contributed by atoms with Crippen molar-refractivity contribution in [3.8, 4) is 0 Å². The first-order valence-corrected chi connectivity index (χ1v) is 7.11. The summed E-state index contributed by atoms with van der Waals surface area (Å²) >= 11 is 3.09. The van der Waals surface area contributed by atoms with E-state index >= 15 is 0 Å². The van der Waals surface area contributed by atoms with Crippen molar-refractivity contribution in [1.29, 1.82) is 0 Å². The fourth-order valence-corrected chi connectivity index (χ4v) is 3.49. The highest BCUT2D eigenvalue weighted by molar-refractivity contribution is 9.09. The van der Waals surface area contributed by atoms with Gasteiger partial charge in [-0.3, -0.25) is 4.79 Å². The van der Waals surface area contributed by atoms with Gasteiger partial charge in [0.2, 0.25) is 10.0 Å². The Labute approximate surface area is 103 Å².